The van der Waals surface area contributed by atoms with Crippen molar-refractivity contribution in [2.45, 2.75) is 111 Å². The Labute approximate surface area is 337 Å². The number of hydrogen-bond acceptors (Lipinski definition) is 9. The molecule has 0 spiro atoms. The van der Waals surface area contributed by atoms with E-state index in [4.69, 9.17) is 4.74 Å². The molecule has 57 heavy (non-hydrogen) atoms. The minimum atomic E-state index is -0.655. The van der Waals surface area contributed by atoms with Crippen molar-refractivity contribution < 1.29 is 45.6 Å². The van der Waals surface area contributed by atoms with Crippen LogP contribution in [-0.2, 0) is 11.3 Å². The first-order valence-electron chi connectivity index (χ1n) is 20.3. The van der Waals surface area contributed by atoms with Crippen LogP contribution in [0.4, 0.5) is 0 Å². The minimum Gasteiger partial charge on any atom is -0.508 e. The molecule has 0 radical (unpaired) electrons. The summed E-state index contributed by atoms with van der Waals surface area (Å²) < 4.78 is 5.85. The molecule has 0 saturated carbocycles. The molecular weight excluding hydrogens is 721 g/mol. The van der Waals surface area contributed by atoms with E-state index in [-0.39, 0.29) is 88.4 Å². The molecule has 308 valence electrons. The number of fused-ring (bicyclic) bond motifs is 8. The monoisotopic (exact) mass is 782 g/mol. The van der Waals surface area contributed by atoms with Gasteiger partial charge in [0.2, 0.25) is 0 Å². The first-order chi connectivity index (χ1) is 26.8. The second-order valence-corrected chi connectivity index (χ2v) is 17.7. The van der Waals surface area contributed by atoms with E-state index in [2.05, 4.69) is 6.58 Å². The molecule has 4 aromatic rings. The standard InChI is InChI=1S/C48H62O9/c1-10-11-57-23-40-47(55)38-19-39(48(40)56)31(15-27(8)9)37-18-35(44(52)22-46(37)54)29(13-25(4)5)33-16-32(41(49)20-42(33)50)28(12-24(2)3)34-17-36(30(38)14-26(6)7)45(53)21-43(34)51/h10,16-22,24-31,49-56H,1,11-15,23H2,2-9H3/t28-,29+,30-,31+. The van der Waals surface area contributed by atoms with Crippen molar-refractivity contribution in [3.63, 3.8) is 0 Å². The Morgan fingerprint density at radius 3 is 0.930 bits per heavy atom. The fourth-order valence-corrected chi connectivity index (χ4v) is 8.76. The molecule has 4 atom stereocenters. The number of benzene rings is 4. The molecule has 5 rings (SSSR count). The molecule has 8 N–H and O–H groups in total. The van der Waals surface area contributed by atoms with Gasteiger partial charge in [-0.2, -0.15) is 0 Å². The number of phenols is 8. The van der Waals surface area contributed by atoms with E-state index >= 15 is 0 Å². The zero-order valence-corrected chi connectivity index (χ0v) is 34.7. The molecule has 0 amide bonds. The van der Waals surface area contributed by atoms with Gasteiger partial charge in [-0.05, 0) is 73.6 Å². The summed E-state index contributed by atoms with van der Waals surface area (Å²) in [6, 6.07) is 10.9. The molecular formula is C48H62O9. The molecule has 0 fully saturated rings. The summed E-state index contributed by atoms with van der Waals surface area (Å²) in [6.45, 7) is 20.0. The van der Waals surface area contributed by atoms with Crippen LogP contribution in [0.2, 0.25) is 0 Å². The van der Waals surface area contributed by atoms with Gasteiger partial charge in [-0.1, -0.05) is 61.5 Å². The Kier molecular flexibility index (Phi) is 13.3. The summed E-state index contributed by atoms with van der Waals surface area (Å²) in [6.07, 6.45) is 3.43. The molecule has 4 aromatic carbocycles. The van der Waals surface area contributed by atoms with Crippen molar-refractivity contribution in [2.24, 2.45) is 23.7 Å². The second kappa shape index (κ2) is 17.6. The van der Waals surface area contributed by atoms with E-state index in [0.29, 0.717) is 70.2 Å². The highest BCUT2D eigenvalue weighted by molar-refractivity contribution is 5.64. The predicted octanol–water partition coefficient (Wildman–Crippen LogP) is 11.1. The smallest absolute Gasteiger partial charge is 0.128 e. The number of hydrogen-bond donors (Lipinski definition) is 8. The Hall–Kier alpha value is -5.02. The number of rotatable bonds is 12. The van der Waals surface area contributed by atoms with Crippen LogP contribution in [0.5, 0.6) is 46.0 Å². The topological polar surface area (TPSA) is 171 Å². The van der Waals surface area contributed by atoms with Crippen molar-refractivity contribution in [1.82, 2.24) is 0 Å². The maximum atomic E-state index is 12.2. The van der Waals surface area contributed by atoms with Crippen molar-refractivity contribution >= 4 is 0 Å². The van der Waals surface area contributed by atoms with Crippen molar-refractivity contribution in [2.75, 3.05) is 6.61 Å². The zero-order chi connectivity index (χ0) is 42.0. The van der Waals surface area contributed by atoms with Gasteiger partial charge < -0.3 is 45.6 Å². The summed E-state index contributed by atoms with van der Waals surface area (Å²) in [5.41, 5.74) is 3.68. The second-order valence-electron chi connectivity index (χ2n) is 17.7. The number of ether oxygens (including phenoxy) is 1. The lowest BCUT2D eigenvalue weighted by Crippen LogP contribution is -2.14. The highest BCUT2D eigenvalue weighted by Gasteiger charge is 2.35. The van der Waals surface area contributed by atoms with Crippen LogP contribution >= 0.6 is 0 Å². The Balaban J connectivity index is 2.04. The third-order valence-corrected chi connectivity index (χ3v) is 11.3. The molecule has 9 nitrogen and oxygen atoms in total. The lowest BCUT2D eigenvalue weighted by atomic mass is 9.74. The Morgan fingerprint density at radius 1 is 0.439 bits per heavy atom. The van der Waals surface area contributed by atoms with E-state index in [1.54, 1.807) is 30.3 Å². The number of phenolic OH excluding ortho intramolecular Hbond substituents is 8. The molecule has 0 aromatic heterocycles. The lowest BCUT2D eigenvalue weighted by molar-refractivity contribution is 0.144. The lowest BCUT2D eigenvalue weighted by Gasteiger charge is -2.31. The van der Waals surface area contributed by atoms with Crippen molar-refractivity contribution in [3.8, 4) is 46.0 Å². The highest BCUT2D eigenvalue weighted by Crippen LogP contribution is 2.54. The average molecular weight is 783 g/mol. The van der Waals surface area contributed by atoms with Gasteiger partial charge in [0.25, 0.3) is 0 Å². The fourth-order valence-electron chi connectivity index (χ4n) is 8.76. The SMILES string of the molecule is C=CCOCc1c(O)c2cc(c1O)[C@@H](CC(C)C)c1cc(c(O)cc1O)[C@@H](CC(C)C)c1cc(c(O)cc1O)[C@@H](CC(C)C)c1cc(c(O)cc1O)[C@H]2CC(C)C. The quantitative estimate of drug-likeness (QED) is 0.0514. The van der Waals surface area contributed by atoms with Crippen LogP contribution < -0.4 is 0 Å². The summed E-state index contributed by atoms with van der Waals surface area (Å²) in [5.74, 6) is -3.72. The third-order valence-electron chi connectivity index (χ3n) is 11.3. The highest BCUT2D eigenvalue weighted by atomic mass is 16.5. The molecule has 0 aliphatic heterocycles. The first-order valence-corrected chi connectivity index (χ1v) is 20.3. The summed E-state index contributed by atoms with van der Waals surface area (Å²) in [5, 5.41) is 94.3. The summed E-state index contributed by atoms with van der Waals surface area (Å²) in [4.78, 5) is 0. The third kappa shape index (κ3) is 9.09. The fraction of sp³-hybridized carbons (Fsp3) is 0.458. The normalized spacial score (nSPS) is 18.2. The van der Waals surface area contributed by atoms with E-state index < -0.39 is 23.7 Å². The largest absolute Gasteiger partial charge is 0.508 e. The van der Waals surface area contributed by atoms with Crippen LogP contribution in [0.15, 0.2) is 55.1 Å². The van der Waals surface area contributed by atoms with Crippen LogP contribution in [0.3, 0.4) is 0 Å². The van der Waals surface area contributed by atoms with E-state index in [1.165, 1.54) is 18.2 Å². The maximum absolute atomic E-state index is 12.2. The van der Waals surface area contributed by atoms with Crippen LogP contribution in [0, 0.1) is 23.7 Å². The Morgan fingerprint density at radius 2 is 0.684 bits per heavy atom. The van der Waals surface area contributed by atoms with Crippen LogP contribution in [0.25, 0.3) is 0 Å². The molecule has 0 saturated heterocycles. The van der Waals surface area contributed by atoms with Crippen molar-refractivity contribution in [3.05, 3.63) is 105 Å². The van der Waals surface area contributed by atoms with Gasteiger partial charge in [0, 0.05) is 86.4 Å². The van der Waals surface area contributed by atoms with Gasteiger partial charge in [-0.3, -0.25) is 0 Å². The van der Waals surface area contributed by atoms with Crippen molar-refractivity contribution in [1.29, 1.82) is 0 Å². The molecule has 8 bridgehead atoms. The predicted molar refractivity (Wildman–Crippen MR) is 224 cm³/mol. The van der Waals surface area contributed by atoms with Gasteiger partial charge >= 0.3 is 0 Å². The first kappa shape index (κ1) is 43.1. The van der Waals surface area contributed by atoms with Crippen LogP contribution in [0.1, 0.15) is 155 Å². The van der Waals surface area contributed by atoms with Gasteiger partial charge in [-0.15, -0.1) is 6.58 Å². The van der Waals surface area contributed by atoms with Crippen LogP contribution in [-0.4, -0.2) is 47.5 Å². The average Bonchev–Trinajstić information content (AvgIpc) is 3.10. The van der Waals surface area contributed by atoms with E-state index in [9.17, 15) is 40.9 Å². The molecule has 1 aliphatic carbocycles. The molecule has 0 heterocycles. The molecule has 1 aliphatic rings. The molecule has 0 unspecified atom stereocenters. The van der Waals surface area contributed by atoms with Gasteiger partial charge in [0.05, 0.1) is 18.8 Å². The zero-order valence-electron chi connectivity index (χ0n) is 34.7. The van der Waals surface area contributed by atoms with Gasteiger partial charge in [0.15, 0.2) is 0 Å². The maximum Gasteiger partial charge on any atom is 0.128 e. The molecule has 9 heteroatoms. The van der Waals surface area contributed by atoms with Gasteiger partial charge in [-0.25, -0.2) is 0 Å². The van der Waals surface area contributed by atoms with Gasteiger partial charge in [0.1, 0.15) is 46.0 Å². The Bertz CT molecular complexity index is 1950. The van der Waals surface area contributed by atoms with E-state index in [1.807, 2.05) is 55.4 Å². The summed E-state index contributed by atoms with van der Waals surface area (Å²) in [7, 11) is 0. The van der Waals surface area contributed by atoms with E-state index in [0.717, 1.165) is 0 Å². The summed E-state index contributed by atoms with van der Waals surface area (Å²) >= 11 is 0. The number of aromatic hydroxyl groups is 8. The minimum absolute atomic E-state index is 0.0533.